The number of rotatable bonds is 4. The van der Waals surface area contributed by atoms with E-state index in [1.807, 2.05) is 36.4 Å². The highest BCUT2D eigenvalue weighted by atomic mass is 79.9. The summed E-state index contributed by atoms with van der Waals surface area (Å²) < 4.78 is 5.59. The monoisotopic (exact) mass is 292 g/mol. The molecule has 0 spiro atoms. The van der Waals surface area contributed by atoms with Crippen LogP contribution in [-0.4, -0.2) is 17.7 Å². The minimum absolute atomic E-state index is 0.0337. The Kier molecular flexibility index (Phi) is 3.79. The molecule has 0 fully saturated rings. The van der Waals surface area contributed by atoms with E-state index in [-0.39, 0.29) is 5.78 Å². The zero-order valence-corrected chi connectivity index (χ0v) is 11.2. The molecule has 0 aliphatic rings. The van der Waals surface area contributed by atoms with Gasteiger partial charge in [-0.25, -0.2) is 0 Å². The number of carbonyl (C=O) groups excluding carboxylic acids is 1. The summed E-state index contributed by atoms with van der Waals surface area (Å²) in [6.07, 6.45) is 0. The van der Waals surface area contributed by atoms with Crippen LogP contribution in [-0.2, 0) is 0 Å². The van der Waals surface area contributed by atoms with Gasteiger partial charge in [0, 0.05) is 5.33 Å². The van der Waals surface area contributed by atoms with Crippen molar-refractivity contribution in [1.29, 1.82) is 0 Å². The second-order valence-electron chi connectivity index (χ2n) is 3.75. The lowest BCUT2D eigenvalue weighted by atomic mass is 10.0. The summed E-state index contributed by atoms with van der Waals surface area (Å²) in [6.45, 7) is 2.13. The van der Waals surface area contributed by atoms with Crippen LogP contribution in [0.2, 0.25) is 0 Å². The van der Waals surface area contributed by atoms with E-state index in [9.17, 15) is 4.79 Å². The number of ketones is 1. The molecule has 0 N–H and O–H groups in total. The number of carbonyl (C=O) groups is 1. The van der Waals surface area contributed by atoms with Crippen molar-refractivity contribution in [3.05, 3.63) is 42.0 Å². The van der Waals surface area contributed by atoms with Gasteiger partial charge in [0.25, 0.3) is 0 Å². The van der Waals surface area contributed by atoms with Crippen molar-refractivity contribution in [3.8, 4) is 5.75 Å². The Balaban J connectivity index is 2.60. The highest BCUT2D eigenvalue weighted by Gasteiger charge is 2.12. The maximum atomic E-state index is 11.8. The average molecular weight is 293 g/mol. The van der Waals surface area contributed by atoms with Gasteiger partial charge in [-0.05, 0) is 23.8 Å². The summed E-state index contributed by atoms with van der Waals surface area (Å²) >= 11 is 3.31. The molecule has 2 aromatic carbocycles. The SMILES string of the molecule is CC(=O)c1c(OCCBr)ccc2ccccc12. The van der Waals surface area contributed by atoms with E-state index in [4.69, 9.17) is 4.74 Å². The first kappa shape index (κ1) is 12.1. The van der Waals surface area contributed by atoms with Crippen molar-refractivity contribution in [2.75, 3.05) is 11.9 Å². The molecule has 0 aromatic heterocycles. The maximum Gasteiger partial charge on any atom is 0.164 e. The van der Waals surface area contributed by atoms with Gasteiger partial charge in [0.1, 0.15) is 5.75 Å². The number of hydrogen-bond donors (Lipinski definition) is 0. The number of ether oxygens (including phenoxy) is 1. The van der Waals surface area contributed by atoms with Crippen LogP contribution < -0.4 is 4.74 Å². The predicted molar refractivity (Wildman–Crippen MR) is 73.2 cm³/mol. The summed E-state index contributed by atoms with van der Waals surface area (Å²) in [5.74, 6) is 0.696. The first-order valence-electron chi connectivity index (χ1n) is 5.45. The molecule has 0 aliphatic heterocycles. The van der Waals surface area contributed by atoms with Gasteiger partial charge in [0.2, 0.25) is 0 Å². The smallest absolute Gasteiger partial charge is 0.164 e. The van der Waals surface area contributed by atoms with Crippen molar-refractivity contribution >= 4 is 32.5 Å². The van der Waals surface area contributed by atoms with Crippen LogP contribution in [0.25, 0.3) is 10.8 Å². The summed E-state index contributed by atoms with van der Waals surface area (Å²) in [4.78, 5) is 11.8. The van der Waals surface area contributed by atoms with Gasteiger partial charge in [-0.1, -0.05) is 46.3 Å². The number of hydrogen-bond acceptors (Lipinski definition) is 2. The molecular weight excluding hydrogens is 280 g/mol. The van der Waals surface area contributed by atoms with Gasteiger partial charge in [0.15, 0.2) is 5.78 Å². The van der Waals surface area contributed by atoms with Gasteiger partial charge in [0.05, 0.1) is 12.2 Å². The fourth-order valence-corrected chi connectivity index (χ4v) is 2.05. The fraction of sp³-hybridized carbons (Fsp3) is 0.214. The average Bonchev–Trinajstić information content (AvgIpc) is 2.35. The maximum absolute atomic E-state index is 11.8. The molecule has 0 saturated carbocycles. The van der Waals surface area contributed by atoms with Crippen LogP contribution in [0, 0.1) is 0 Å². The predicted octanol–water partition coefficient (Wildman–Crippen LogP) is 3.82. The van der Waals surface area contributed by atoms with E-state index in [0.717, 1.165) is 16.1 Å². The minimum atomic E-state index is 0.0337. The number of benzene rings is 2. The lowest BCUT2D eigenvalue weighted by Crippen LogP contribution is -2.04. The molecule has 0 aliphatic carbocycles. The lowest BCUT2D eigenvalue weighted by Gasteiger charge is -2.11. The normalized spacial score (nSPS) is 10.5. The Morgan fingerprint density at radius 1 is 1.24 bits per heavy atom. The van der Waals surface area contributed by atoms with Crippen LogP contribution in [0.5, 0.6) is 5.75 Å². The van der Waals surface area contributed by atoms with E-state index < -0.39 is 0 Å². The summed E-state index contributed by atoms with van der Waals surface area (Å²) in [7, 11) is 0. The number of fused-ring (bicyclic) bond motifs is 1. The Morgan fingerprint density at radius 3 is 2.71 bits per heavy atom. The Bertz CT molecular complexity index is 549. The minimum Gasteiger partial charge on any atom is -0.492 e. The van der Waals surface area contributed by atoms with Crippen LogP contribution in [0.1, 0.15) is 17.3 Å². The molecule has 0 atom stereocenters. The van der Waals surface area contributed by atoms with Crippen LogP contribution >= 0.6 is 15.9 Å². The molecule has 2 nitrogen and oxygen atoms in total. The third kappa shape index (κ3) is 2.50. The summed E-state index contributed by atoms with van der Waals surface area (Å²) in [5, 5.41) is 2.76. The van der Waals surface area contributed by atoms with Crippen LogP contribution in [0.4, 0.5) is 0 Å². The summed E-state index contributed by atoms with van der Waals surface area (Å²) in [5.41, 5.74) is 0.670. The van der Waals surface area contributed by atoms with Crippen LogP contribution in [0.3, 0.4) is 0 Å². The van der Waals surface area contributed by atoms with E-state index in [1.165, 1.54) is 0 Å². The molecule has 0 unspecified atom stereocenters. The molecule has 88 valence electrons. The second-order valence-corrected chi connectivity index (χ2v) is 4.55. The molecule has 0 saturated heterocycles. The standard InChI is InChI=1S/C14H13BrO2/c1-10(16)14-12-5-3-2-4-11(12)6-7-13(14)17-9-8-15/h2-7H,8-9H2,1H3. The molecule has 0 amide bonds. The first-order chi connectivity index (χ1) is 8.24. The highest BCUT2D eigenvalue weighted by molar-refractivity contribution is 9.09. The molecule has 2 rings (SSSR count). The number of halogens is 1. The van der Waals surface area contributed by atoms with Crippen molar-refractivity contribution in [3.63, 3.8) is 0 Å². The summed E-state index contributed by atoms with van der Waals surface area (Å²) in [6, 6.07) is 11.7. The Morgan fingerprint density at radius 2 is 2.00 bits per heavy atom. The third-order valence-electron chi connectivity index (χ3n) is 2.58. The van der Waals surface area contributed by atoms with Crippen molar-refractivity contribution < 1.29 is 9.53 Å². The van der Waals surface area contributed by atoms with Crippen molar-refractivity contribution in [2.45, 2.75) is 6.92 Å². The van der Waals surface area contributed by atoms with E-state index in [2.05, 4.69) is 15.9 Å². The largest absolute Gasteiger partial charge is 0.492 e. The molecule has 2 aromatic rings. The molecular formula is C14H13BrO2. The topological polar surface area (TPSA) is 26.3 Å². The van der Waals surface area contributed by atoms with E-state index >= 15 is 0 Å². The zero-order chi connectivity index (χ0) is 12.3. The number of alkyl halides is 1. The van der Waals surface area contributed by atoms with E-state index in [0.29, 0.717) is 17.9 Å². The lowest BCUT2D eigenvalue weighted by molar-refractivity contribution is 0.101. The quantitative estimate of drug-likeness (QED) is 0.633. The van der Waals surface area contributed by atoms with E-state index in [1.54, 1.807) is 6.92 Å². The fourth-order valence-electron chi connectivity index (χ4n) is 1.88. The molecule has 3 heteroatoms. The van der Waals surface area contributed by atoms with Gasteiger partial charge in [-0.3, -0.25) is 4.79 Å². The van der Waals surface area contributed by atoms with Crippen LogP contribution in [0.15, 0.2) is 36.4 Å². The van der Waals surface area contributed by atoms with Crippen molar-refractivity contribution in [1.82, 2.24) is 0 Å². The first-order valence-corrected chi connectivity index (χ1v) is 6.57. The van der Waals surface area contributed by atoms with Crippen molar-refractivity contribution in [2.24, 2.45) is 0 Å². The second kappa shape index (κ2) is 5.32. The Labute approximate surface area is 109 Å². The molecule has 0 bridgehead atoms. The molecule has 0 radical (unpaired) electrons. The molecule has 0 heterocycles. The molecule has 17 heavy (non-hydrogen) atoms. The van der Waals surface area contributed by atoms with Gasteiger partial charge < -0.3 is 4.74 Å². The third-order valence-corrected chi connectivity index (χ3v) is 2.90. The zero-order valence-electron chi connectivity index (χ0n) is 9.57. The number of Topliss-reactive ketones (excluding diaryl/α,β-unsaturated/α-hetero) is 1. The Hall–Kier alpha value is -1.35. The van der Waals surface area contributed by atoms with Gasteiger partial charge >= 0.3 is 0 Å². The highest BCUT2D eigenvalue weighted by Crippen LogP contribution is 2.28. The van der Waals surface area contributed by atoms with Gasteiger partial charge in [-0.2, -0.15) is 0 Å². The van der Waals surface area contributed by atoms with Gasteiger partial charge in [-0.15, -0.1) is 0 Å².